The topological polar surface area (TPSA) is 58.2 Å². The van der Waals surface area contributed by atoms with Gasteiger partial charge < -0.3 is 14.6 Å². The average Bonchev–Trinajstić information content (AvgIpc) is 3.23. The van der Waals surface area contributed by atoms with E-state index < -0.39 is 0 Å². The van der Waals surface area contributed by atoms with E-state index in [0.717, 1.165) is 11.9 Å². The van der Waals surface area contributed by atoms with E-state index in [0.29, 0.717) is 37.9 Å². The Morgan fingerprint density at radius 1 is 1.42 bits per heavy atom. The molecule has 1 aliphatic heterocycles. The van der Waals surface area contributed by atoms with E-state index in [1.807, 2.05) is 16.5 Å². The fraction of sp³-hybridized carbons (Fsp3) is 0.333. The Labute approximate surface area is 144 Å². The van der Waals surface area contributed by atoms with Gasteiger partial charge in [-0.25, -0.2) is 4.98 Å². The number of hydrogen-bond donors (Lipinski definition) is 1. The molecule has 0 unspecified atom stereocenters. The summed E-state index contributed by atoms with van der Waals surface area (Å²) in [7, 11) is 0. The third-order valence-corrected chi connectivity index (χ3v) is 5.00. The number of amides is 1. The lowest BCUT2D eigenvalue weighted by atomic mass is 9.98. The second kappa shape index (κ2) is 6.75. The Morgan fingerprint density at radius 2 is 2.38 bits per heavy atom. The maximum absolute atomic E-state index is 12.6. The van der Waals surface area contributed by atoms with Gasteiger partial charge in [-0.15, -0.1) is 11.3 Å². The molecule has 0 spiro atoms. The number of fused-ring (bicyclic) bond motifs is 1. The smallest absolute Gasteiger partial charge is 0.273 e. The summed E-state index contributed by atoms with van der Waals surface area (Å²) in [6, 6.07) is 8.56. The number of hydrogen-bond acceptors (Lipinski definition) is 4. The molecule has 0 aliphatic carbocycles. The highest BCUT2D eigenvalue weighted by molar-refractivity contribution is 7.07. The zero-order valence-corrected chi connectivity index (χ0v) is 14.1. The van der Waals surface area contributed by atoms with Crippen molar-refractivity contribution in [2.24, 2.45) is 5.92 Å². The number of carbonyl (C=O) groups excluding carboxylic acids is 1. The molecule has 1 aromatic carbocycles. The van der Waals surface area contributed by atoms with Crippen molar-refractivity contribution >= 4 is 28.1 Å². The molecular weight excluding hydrogens is 322 g/mol. The van der Waals surface area contributed by atoms with E-state index in [-0.39, 0.29) is 5.91 Å². The summed E-state index contributed by atoms with van der Waals surface area (Å²) in [4.78, 5) is 21.8. The molecule has 1 aliphatic rings. The quantitative estimate of drug-likeness (QED) is 0.797. The van der Waals surface area contributed by atoms with Crippen LogP contribution in [0.1, 0.15) is 16.1 Å². The van der Waals surface area contributed by atoms with Crippen molar-refractivity contribution < 1.29 is 9.53 Å². The van der Waals surface area contributed by atoms with Crippen LogP contribution in [0.5, 0.6) is 0 Å². The molecule has 124 valence electrons. The number of ether oxygens (including phenoxy) is 1. The van der Waals surface area contributed by atoms with Gasteiger partial charge in [0.1, 0.15) is 5.69 Å². The largest absolute Gasteiger partial charge is 0.379 e. The Bertz CT molecular complexity index is 828. The summed E-state index contributed by atoms with van der Waals surface area (Å²) in [5, 5.41) is 3.03. The number of nitrogens with zero attached hydrogens (tertiary/aromatic N) is 2. The minimum Gasteiger partial charge on any atom is -0.379 e. The molecule has 5 nitrogen and oxygen atoms in total. The van der Waals surface area contributed by atoms with E-state index in [2.05, 4.69) is 34.2 Å². The Kier molecular flexibility index (Phi) is 4.32. The predicted molar refractivity (Wildman–Crippen MR) is 94.3 cm³/mol. The van der Waals surface area contributed by atoms with Crippen LogP contribution in [-0.4, -0.2) is 47.1 Å². The van der Waals surface area contributed by atoms with Gasteiger partial charge in [-0.05, 0) is 35.6 Å². The van der Waals surface area contributed by atoms with Crippen LogP contribution >= 0.6 is 11.3 Å². The normalized spacial score (nSPS) is 18.7. The first-order valence-electron chi connectivity index (χ1n) is 8.11. The maximum Gasteiger partial charge on any atom is 0.273 e. The number of aromatic nitrogens is 2. The second-order valence-electron chi connectivity index (χ2n) is 6.17. The van der Waals surface area contributed by atoms with Crippen molar-refractivity contribution in [3.05, 3.63) is 52.6 Å². The van der Waals surface area contributed by atoms with Crippen LogP contribution < -0.4 is 0 Å². The second-order valence-corrected chi connectivity index (χ2v) is 6.89. The molecule has 0 saturated carbocycles. The number of carbonyl (C=O) groups is 1. The van der Waals surface area contributed by atoms with Crippen molar-refractivity contribution in [3.8, 4) is 0 Å². The molecule has 1 atom stereocenters. The highest BCUT2D eigenvalue weighted by atomic mass is 32.1. The first kappa shape index (κ1) is 15.4. The van der Waals surface area contributed by atoms with Gasteiger partial charge in [0.15, 0.2) is 0 Å². The van der Waals surface area contributed by atoms with Crippen LogP contribution in [0.25, 0.3) is 10.9 Å². The fourth-order valence-corrected chi connectivity index (χ4v) is 3.76. The molecule has 3 heterocycles. The summed E-state index contributed by atoms with van der Waals surface area (Å²) in [5.74, 6) is 0.305. The van der Waals surface area contributed by atoms with Crippen LogP contribution in [0, 0.1) is 5.92 Å². The van der Waals surface area contributed by atoms with Crippen molar-refractivity contribution in [2.45, 2.75) is 6.42 Å². The molecule has 4 rings (SSSR count). The van der Waals surface area contributed by atoms with E-state index >= 15 is 0 Å². The molecule has 2 aromatic heterocycles. The third kappa shape index (κ3) is 3.20. The number of H-pyrrole nitrogens is 1. The fourth-order valence-electron chi connectivity index (χ4n) is 3.23. The van der Waals surface area contributed by atoms with Crippen molar-refractivity contribution in [1.29, 1.82) is 0 Å². The summed E-state index contributed by atoms with van der Waals surface area (Å²) >= 11 is 1.45. The molecule has 0 radical (unpaired) electrons. The Morgan fingerprint density at radius 3 is 3.25 bits per heavy atom. The van der Waals surface area contributed by atoms with Crippen LogP contribution in [0.2, 0.25) is 0 Å². The molecule has 1 N–H and O–H groups in total. The minimum atomic E-state index is 0.00726. The first-order valence-corrected chi connectivity index (χ1v) is 9.05. The van der Waals surface area contributed by atoms with Crippen LogP contribution in [0.3, 0.4) is 0 Å². The number of thiazole rings is 1. The minimum absolute atomic E-state index is 0.00726. The monoisotopic (exact) mass is 341 g/mol. The molecule has 6 heteroatoms. The zero-order chi connectivity index (χ0) is 16.4. The zero-order valence-electron chi connectivity index (χ0n) is 13.3. The van der Waals surface area contributed by atoms with Gasteiger partial charge in [0.25, 0.3) is 5.91 Å². The lowest BCUT2D eigenvalue weighted by molar-refractivity contribution is 0.0732. The van der Waals surface area contributed by atoms with Crippen molar-refractivity contribution in [2.75, 3.05) is 26.3 Å². The molecule has 3 aromatic rings. The van der Waals surface area contributed by atoms with Gasteiger partial charge in [-0.3, -0.25) is 4.79 Å². The van der Waals surface area contributed by atoms with Crippen molar-refractivity contribution in [1.82, 2.24) is 14.9 Å². The summed E-state index contributed by atoms with van der Waals surface area (Å²) < 4.78 is 5.73. The third-order valence-electron chi connectivity index (χ3n) is 4.42. The highest BCUT2D eigenvalue weighted by Gasteiger charge is 2.24. The summed E-state index contributed by atoms with van der Waals surface area (Å²) in [5.41, 5.74) is 4.66. The SMILES string of the molecule is O=C(c1cscn1)N1CCOC[C@H](Cc2ccc3[nH]ccc3c2)C1. The average molecular weight is 341 g/mol. The van der Waals surface area contributed by atoms with E-state index in [1.54, 1.807) is 5.51 Å². The van der Waals surface area contributed by atoms with Gasteiger partial charge in [0.2, 0.25) is 0 Å². The molecule has 1 amide bonds. The molecule has 1 saturated heterocycles. The Balaban J connectivity index is 1.48. The lowest BCUT2D eigenvalue weighted by Gasteiger charge is -2.23. The summed E-state index contributed by atoms with van der Waals surface area (Å²) in [6.45, 7) is 2.61. The van der Waals surface area contributed by atoms with E-state index in [9.17, 15) is 4.79 Å². The van der Waals surface area contributed by atoms with E-state index in [4.69, 9.17) is 4.74 Å². The lowest BCUT2D eigenvalue weighted by Crippen LogP contribution is -2.36. The van der Waals surface area contributed by atoms with Gasteiger partial charge in [-0.1, -0.05) is 6.07 Å². The van der Waals surface area contributed by atoms with Crippen molar-refractivity contribution in [3.63, 3.8) is 0 Å². The molecule has 1 fully saturated rings. The predicted octanol–water partition coefficient (Wildman–Crippen LogP) is 2.96. The van der Waals surface area contributed by atoms with Gasteiger partial charge in [0.05, 0.1) is 18.7 Å². The molecule has 24 heavy (non-hydrogen) atoms. The van der Waals surface area contributed by atoms with Gasteiger partial charge in [0, 0.05) is 36.1 Å². The first-order chi connectivity index (χ1) is 11.8. The van der Waals surface area contributed by atoms with Crippen LogP contribution in [-0.2, 0) is 11.2 Å². The number of nitrogens with one attached hydrogen (secondary N) is 1. The standard InChI is InChI=1S/C18H19N3O2S/c22-18(17-11-24-12-20-17)21-5-6-23-10-14(9-21)7-13-1-2-16-15(8-13)3-4-19-16/h1-4,8,11-12,14,19H,5-7,9-10H2/t14-/m1/s1. The maximum atomic E-state index is 12.6. The highest BCUT2D eigenvalue weighted by Crippen LogP contribution is 2.20. The van der Waals surface area contributed by atoms with Gasteiger partial charge in [-0.2, -0.15) is 0 Å². The number of aromatic amines is 1. The van der Waals surface area contributed by atoms with Crippen LogP contribution in [0.15, 0.2) is 41.4 Å². The number of rotatable bonds is 3. The molecule has 0 bridgehead atoms. The van der Waals surface area contributed by atoms with Crippen LogP contribution in [0.4, 0.5) is 0 Å². The van der Waals surface area contributed by atoms with Gasteiger partial charge >= 0.3 is 0 Å². The Hall–Kier alpha value is -2.18. The molecular formula is C18H19N3O2S. The van der Waals surface area contributed by atoms with E-state index in [1.165, 1.54) is 22.3 Å². The number of benzene rings is 1. The summed E-state index contributed by atoms with van der Waals surface area (Å²) in [6.07, 6.45) is 2.86.